The minimum atomic E-state index is 0.0236. The second-order valence-electron chi connectivity index (χ2n) is 7.26. The van der Waals surface area contributed by atoms with E-state index in [0.717, 1.165) is 42.1 Å². The van der Waals surface area contributed by atoms with E-state index in [1.807, 2.05) is 66.4 Å². The maximum Gasteiger partial charge on any atom is 0.185 e. The van der Waals surface area contributed by atoms with Crippen LogP contribution in [0.4, 0.5) is 0 Å². The molecule has 0 saturated heterocycles. The van der Waals surface area contributed by atoms with E-state index in [2.05, 4.69) is 13.8 Å². The average molecular weight is 411 g/mol. The van der Waals surface area contributed by atoms with Crippen molar-refractivity contribution >= 4 is 23.6 Å². The molecule has 0 amide bonds. The molecule has 0 heterocycles. The quantitative estimate of drug-likeness (QED) is 0.137. The standard InChI is InChI=1S/C26H34O2S/c1-3-5-6-7-8-9-19-28-24-12-10-11-22(21-24)13-18-26(27)23-14-16-25(17-15-23)29-20-4-2/h10-18,21H,3-9,19-20H2,1-2H3. The van der Waals surface area contributed by atoms with Gasteiger partial charge < -0.3 is 4.74 Å². The average Bonchev–Trinajstić information content (AvgIpc) is 2.76. The molecule has 0 aliphatic rings. The van der Waals surface area contributed by atoms with Crippen molar-refractivity contribution < 1.29 is 9.53 Å². The molecule has 0 radical (unpaired) electrons. The number of hydrogen-bond donors (Lipinski definition) is 0. The summed E-state index contributed by atoms with van der Waals surface area (Å²) in [6, 6.07) is 15.8. The van der Waals surface area contributed by atoms with Crippen LogP contribution in [0.1, 0.15) is 74.7 Å². The summed E-state index contributed by atoms with van der Waals surface area (Å²) in [4.78, 5) is 13.6. The van der Waals surface area contributed by atoms with Gasteiger partial charge in [0.1, 0.15) is 5.75 Å². The molecule has 2 aromatic rings. The van der Waals surface area contributed by atoms with Gasteiger partial charge in [0.15, 0.2) is 5.78 Å². The van der Waals surface area contributed by atoms with E-state index < -0.39 is 0 Å². The predicted molar refractivity (Wildman–Crippen MR) is 126 cm³/mol. The first-order valence-corrected chi connectivity index (χ1v) is 11.9. The summed E-state index contributed by atoms with van der Waals surface area (Å²) >= 11 is 1.82. The minimum Gasteiger partial charge on any atom is -0.494 e. The van der Waals surface area contributed by atoms with Crippen LogP contribution in [0.25, 0.3) is 6.08 Å². The molecular formula is C26H34O2S. The molecule has 0 unspecified atom stereocenters. The summed E-state index contributed by atoms with van der Waals surface area (Å²) in [5.74, 6) is 1.99. The number of benzene rings is 2. The second-order valence-corrected chi connectivity index (χ2v) is 8.43. The Bertz CT molecular complexity index is 750. The second kappa shape index (κ2) is 14.1. The lowest BCUT2D eigenvalue weighted by atomic mass is 10.1. The molecule has 0 fully saturated rings. The molecule has 0 saturated carbocycles. The van der Waals surface area contributed by atoms with Crippen LogP contribution in [0.2, 0.25) is 0 Å². The molecule has 29 heavy (non-hydrogen) atoms. The topological polar surface area (TPSA) is 26.3 Å². The Labute approximate surface area is 180 Å². The molecule has 2 aromatic carbocycles. The fourth-order valence-corrected chi connectivity index (χ4v) is 3.75. The largest absolute Gasteiger partial charge is 0.494 e. The van der Waals surface area contributed by atoms with Crippen molar-refractivity contribution in [3.63, 3.8) is 0 Å². The molecule has 2 rings (SSSR count). The Balaban J connectivity index is 1.81. The first kappa shape index (κ1) is 23.3. The van der Waals surface area contributed by atoms with Gasteiger partial charge in [-0.25, -0.2) is 0 Å². The smallest absolute Gasteiger partial charge is 0.185 e. The third kappa shape index (κ3) is 9.36. The Kier molecular flexibility index (Phi) is 11.3. The Morgan fingerprint density at radius 2 is 1.69 bits per heavy atom. The van der Waals surface area contributed by atoms with Gasteiger partial charge in [-0.05, 0) is 66.6 Å². The van der Waals surface area contributed by atoms with Gasteiger partial charge in [0.25, 0.3) is 0 Å². The van der Waals surface area contributed by atoms with E-state index in [1.54, 1.807) is 6.08 Å². The van der Waals surface area contributed by atoms with Gasteiger partial charge >= 0.3 is 0 Å². The molecule has 0 aliphatic carbocycles. The highest BCUT2D eigenvalue weighted by atomic mass is 32.2. The molecule has 0 aliphatic heterocycles. The summed E-state index contributed by atoms with van der Waals surface area (Å²) in [6.45, 7) is 5.16. The monoisotopic (exact) mass is 410 g/mol. The lowest BCUT2D eigenvalue weighted by Crippen LogP contribution is -1.97. The van der Waals surface area contributed by atoms with E-state index >= 15 is 0 Å². The van der Waals surface area contributed by atoms with Crippen LogP contribution in [0.5, 0.6) is 5.75 Å². The van der Waals surface area contributed by atoms with Crippen molar-refractivity contribution in [2.24, 2.45) is 0 Å². The van der Waals surface area contributed by atoms with Crippen LogP contribution in [0.3, 0.4) is 0 Å². The normalized spacial score (nSPS) is 11.1. The van der Waals surface area contributed by atoms with Crippen molar-refractivity contribution in [3.05, 3.63) is 65.7 Å². The van der Waals surface area contributed by atoms with Crippen LogP contribution in [-0.4, -0.2) is 18.1 Å². The van der Waals surface area contributed by atoms with Crippen molar-refractivity contribution in [3.8, 4) is 5.75 Å². The summed E-state index contributed by atoms with van der Waals surface area (Å²) in [7, 11) is 0. The van der Waals surface area contributed by atoms with Crippen LogP contribution in [0.15, 0.2) is 59.5 Å². The summed E-state index contributed by atoms with van der Waals surface area (Å²) in [5.41, 5.74) is 1.70. The number of ether oxygens (including phenoxy) is 1. The Morgan fingerprint density at radius 1 is 0.931 bits per heavy atom. The molecule has 0 bridgehead atoms. The summed E-state index contributed by atoms with van der Waals surface area (Å²) in [5, 5.41) is 0. The minimum absolute atomic E-state index is 0.0236. The Morgan fingerprint density at radius 3 is 2.45 bits per heavy atom. The number of thioether (sulfide) groups is 1. The zero-order valence-electron chi connectivity index (χ0n) is 17.9. The van der Waals surface area contributed by atoms with Gasteiger partial charge in [0.05, 0.1) is 6.61 Å². The van der Waals surface area contributed by atoms with E-state index in [9.17, 15) is 4.79 Å². The highest BCUT2D eigenvalue weighted by Gasteiger charge is 2.03. The van der Waals surface area contributed by atoms with E-state index in [-0.39, 0.29) is 5.78 Å². The predicted octanol–water partition coefficient (Wildman–Crippen LogP) is 7.82. The highest BCUT2D eigenvalue weighted by molar-refractivity contribution is 7.99. The molecule has 0 aromatic heterocycles. The van der Waals surface area contributed by atoms with Crippen LogP contribution < -0.4 is 4.74 Å². The van der Waals surface area contributed by atoms with Gasteiger partial charge in [-0.1, -0.05) is 64.2 Å². The number of carbonyl (C=O) groups excluding carboxylic acids is 1. The zero-order valence-corrected chi connectivity index (χ0v) is 18.7. The maximum absolute atomic E-state index is 12.4. The highest BCUT2D eigenvalue weighted by Crippen LogP contribution is 2.20. The SMILES string of the molecule is CCCCCCCCOc1cccc(C=CC(=O)c2ccc(SCCC)cc2)c1. The number of rotatable bonds is 14. The van der Waals surface area contributed by atoms with Gasteiger partial charge in [0.2, 0.25) is 0 Å². The first-order valence-electron chi connectivity index (χ1n) is 10.9. The fourth-order valence-electron chi connectivity index (χ4n) is 2.98. The van der Waals surface area contributed by atoms with Crippen molar-refractivity contribution in [1.82, 2.24) is 0 Å². The van der Waals surface area contributed by atoms with Gasteiger partial charge in [-0.3, -0.25) is 4.79 Å². The summed E-state index contributed by atoms with van der Waals surface area (Å²) in [6.07, 6.45) is 12.2. The first-order chi connectivity index (χ1) is 14.2. The van der Waals surface area contributed by atoms with Crippen molar-refractivity contribution in [2.75, 3.05) is 12.4 Å². The molecule has 156 valence electrons. The maximum atomic E-state index is 12.4. The lowest BCUT2D eigenvalue weighted by molar-refractivity contribution is 0.104. The Hall–Kier alpha value is -2.00. The zero-order chi connectivity index (χ0) is 20.7. The van der Waals surface area contributed by atoms with E-state index in [1.165, 1.54) is 37.0 Å². The van der Waals surface area contributed by atoms with Crippen molar-refractivity contribution in [2.45, 2.75) is 63.7 Å². The number of carbonyl (C=O) groups is 1. The lowest BCUT2D eigenvalue weighted by Gasteiger charge is -2.07. The number of hydrogen-bond acceptors (Lipinski definition) is 3. The fraction of sp³-hybridized carbons (Fsp3) is 0.423. The van der Waals surface area contributed by atoms with Gasteiger partial charge in [-0.2, -0.15) is 0 Å². The van der Waals surface area contributed by atoms with Gasteiger partial charge in [0, 0.05) is 10.5 Å². The van der Waals surface area contributed by atoms with Crippen LogP contribution in [0, 0.1) is 0 Å². The van der Waals surface area contributed by atoms with Gasteiger partial charge in [-0.15, -0.1) is 11.8 Å². The van der Waals surface area contributed by atoms with Crippen LogP contribution in [-0.2, 0) is 0 Å². The number of ketones is 1. The molecule has 0 spiro atoms. The number of unbranched alkanes of at least 4 members (excludes halogenated alkanes) is 5. The molecule has 0 atom stereocenters. The number of allylic oxidation sites excluding steroid dienone is 1. The summed E-state index contributed by atoms with van der Waals surface area (Å²) < 4.78 is 5.87. The third-order valence-electron chi connectivity index (χ3n) is 4.66. The molecular weight excluding hydrogens is 376 g/mol. The van der Waals surface area contributed by atoms with E-state index in [0.29, 0.717) is 0 Å². The molecule has 2 nitrogen and oxygen atoms in total. The molecule has 3 heteroatoms. The van der Waals surface area contributed by atoms with E-state index in [4.69, 9.17) is 4.74 Å². The van der Waals surface area contributed by atoms with Crippen molar-refractivity contribution in [1.29, 1.82) is 0 Å². The van der Waals surface area contributed by atoms with Crippen LogP contribution >= 0.6 is 11.8 Å². The molecule has 0 N–H and O–H groups in total. The third-order valence-corrected chi connectivity index (χ3v) is 5.88.